The maximum Gasteiger partial charge on any atom is 0.240 e. The number of hydrogen-bond acceptors (Lipinski definition) is 5. The minimum Gasteiger partial charge on any atom is -0.392 e. The van der Waals surface area contributed by atoms with E-state index in [1.54, 1.807) is 24.3 Å². The summed E-state index contributed by atoms with van der Waals surface area (Å²) in [6.07, 6.45) is 0.975. The summed E-state index contributed by atoms with van der Waals surface area (Å²) < 4.78 is 26.9. The highest BCUT2D eigenvalue weighted by Gasteiger charge is 2.18. The Bertz CT molecular complexity index is 626. The van der Waals surface area contributed by atoms with Crippen LogP contribution in [-0.4, -0.2) is 51.8 Å². The number of benzene rings is 1. The van der Waals surface area contributed by atoms with Crippen LogP contribution in [0.2, 0.25) is 0 Å². The molecular formula is C15H23N3O3S. The van der Waals surface area contributed by atoms with Gasteiger partial charge >= 0.3 is 0 Å². The summed E-state index contributed by atoms with van der Waals surface area (Å²) in [5.41, 5.74) is 2.03. The van der Waals surface area contributed by atoms with Crippen molar-refractivity contribution in [1.82, 2.24) is 9.62 Å². The second-order valence-corrected chi connectivity index (χ2v) is 7.49. The number of hydrogen-bond donors (Lipinski definition) is 1. The minimum absolute atomic E-state index is 0.142. The van der Waals surface area contributed by atoms with Crippen LogP contribution in [-0.2, 0) is 14.9 Å². The molecule has 7 heteroatoms. The Balaban J connectivity index is 1.78. The van der Waals surface area contributed by atoms with Gasteiger partial charge in [0.1, 0.15) is 6.10 Å². The first-order chi connectivity index (χ1) is 10.4. The minimum atomic E-state index is -3.44. The maximum absolute atomic E-state index is 12.1. The molecular weight excluding hydrogens is 302 g/mol. The molecule has 1 aliphatic heterocycles. The zero-order valence-corrected chi connectivity index (χ0v) is 14.1. The molecule has 1 unspecified atom stereocenters. The van der Waals surface area contributed by atoms with E-state index in [-0.39, 0.29) is 6.10 Å². The van der Waals surface area contributed by atoms with E-state index < -0.39 is 10.0 Å². The Morgan fingerprint density at radius 2 is 2.05 bits per heavy atom. The molecule has 0 saturated heterocycles. The van der Waals surface area contributed by atoms with Crippen LogP contribution in [0.15, 0.2) is 34.3 Å². The number of nitrogens with zero attached hydrogens (tertiary/aromatic N) is 2. The van der Waals surface area contributed by atoms with Crippen LogP contribution >= 0.6 is 0 Å². The Morgan fingerprint density at radius 1 is 1.36 bits per heavy atom. The van der Waals surface area contributed by atoms with Gasteiger partial charge < -0.3 is 4.84 Å². The van der Waals surface area contributed by atoms with Gasteiger partial charge in [-0.3, -0.25) is 4.90 Å². The highest BCUT2D eigenvalue weighted by molar-refractivity contribution is 7.89. The van der Waals surface area contributed by atoms with Gasteiger partial charge in [0, 0.05) is 26.1 Å². The summed E-state index contributed by atoms with van der Waals surface area (Å²) in [6, 6.07) is 6.82. The largest absolute Gasteiger partial charge is 0.392 e. The number of aryl methyl sites for hydroxylation is 1. The van der Waals surface area contributed by atoms with Crippen molar-refractivity contribution in [3.05, 3.63) is 29.8 Å². The van der Waals surface area contributed by atoms with Crippen molar-refractivity contribution in [2.75, 3.05) is 26.7 Å². The van der Waals surface area contributed by atoms with Gasteiger partial charge in [-0.05, 0) is 33.0 Å². The zero-order valence-electron chi connectivity index (χ0n) is 13.2. The normalized spacial score (nSPS) is 18.4. The van der Waals surface area contributed by atoms with Gasteiger partial charge in [-0.2, -0.15) is 0 Å². The van der Waals surface area contributed by atoms with E-state index in [2.05, 4.69) is 9.88 Å². The zero-order chi connectivity index (χ0) is 16.2. The molecule has 0 bridgehead atoms. The van der Waals surface area contributed by atoms with Crippen LogP contribution in [0.5, 0.6) is 0 Å². The summed E-state index contributed by atoms with van der Waals surface area (Å²) in [6.45, 7) is 5.56. The van der Waals surface area contributed by atoms with Crippen molar-refractivity contribution >= 4 is 15.7 Å². The first-order valence-corrected chi connectivity index (χ1v) is 8.81. The molecule has 1 atom stereocenters. The second-order valence-electron chi connectivity index (χ2n) is 5.73. The number of rotatable bonds is 7. The van der Waals surface area contributed by atoms with Crippen molar-refractivity contribution in [1.29, 1.82) is 0 Å². The second kappa shape index (κ2) is 7.21. The molecule has 0 aliphatic carbocycles. The fourth-order valence-corrected chi connectivity index (χ4v) is 3.25. The topological polar surface area (TPSA) is 71.0 Å². The summed E-state index contributed by atoms with van der Waals surface area (Å²) >= 11 is 0. The van der Waals surface area contributed by atoms with Gasteiger partial charge in [-0.15, -0.1) is 0 Å². The Kier molecular flexibility index (Phi) is 5.55. The van der Waals surface area contributed by atoms with Gasteiger partial charge in [0.15, 0.2) is 0 Å². The molecule has 22 heavy (non-hydrogen) atoms. The fourth-order valence-electron chi connectivity index (χ4n) is 2.23. The Hall–Kier alpha value is -1.44. The van der Waals surface area contributed by atoms with E-state index >= 15 is 0 Å². The van der Waals surface area contributed by atoms with E-state index in [0.29, 0.717) is 24.5 Å². The number of oxime groups is 1. The molecule has 1 aromatic carbocycles. The molecule has 6 nitrogen and oxygen atoms in total. The number of sulfonamides is 1. The molecule has 0 aromatic heterocycles. The quantitative estimate of drug-likeness (QED) is 0.822. The number of nitrogens with one attached hydrogen (secondary N) is 1. The Labute approximate surface area is 132 Å². The van der Waals surface area contributed by atoms with Crippen LogP contribution in [0.4, 0.5) is 0 Å². The SMILES string of the molecule is Cc1ccc(S(=O)(=O)NCCN(C)CC2=NOC(C)C2)cc1. The lowest BCUT2D eigenvalue weighted by Crippen LogP contribution is -2.35. The molecule has 122 valence electrons. The lowest BCUT2D eigenvalue weighted by atomic mass is 10.2. The number of likely N-dealkylation sites (N-methyl/N-ethyl adjacent to an activating group) is 1. The molecule has 1 aliphatic rings. The van der Waals surface area contributed by atoms with Crippen molar-refractivity contribution in [2.24, 2.45) is 5.16 Å². The smallest absolute Gasteiger partial charge is 0.240 e. The van der Waals surface area contributed by atoms with Crippen LogP contribution in [0.25, 0.3) is 0 Å². The molecule has 2 rings (SSSR count). The highest BCUT2D eigenvalue weighted by atomic mass is 32.2. The maximum atomic E-state index is 12.1. The highest BCUT2D eigenvalue weighted by Crippen LogP contribution is 2.11. The van der Waals surface area contributed by atoms with E-state index in [1.165, 1.54) is 0 Å². The monoisotopic (exact) mass is 325 g/mol. The standard InChI is InChI=1S/C15H23N3O3S/c1-12-4-6-15(7-5-12)22(19,20)16-8-9-18(3)11-14-10-13(2)21-17-14/h4-7,13,16H,8-11H2,1-3H3. The van der Waals surface area contributed by atoms with Crippen molar-refractivity contribution in [3.63, 3.8) is 0 Å². The Morgan fingerprint density at radius 3 is 2.64 bits per heavy atom. The molecule has 0 amide bonds. The van der Waals surface area contributed by atoms with Gasteiger partial charge in [0.05, 0.1) is 10.6 Å². The third kappa shape index (κ3) is 4.79. The van der Waals surface area contributed by atoms with Crippen molar-refractivity contribution in [2.45, 2.75) is 31.3 Å². The predicted molar refractivity (Wildman–Crippen MR) is 86.5 cm³/mol. The lowest BCUT2D eigenvalue weighted by molar-refractivity contribution is 0.0994. The average Bonchev–Trinajstić information content (AvgIpc) is 2.84. The first kappa shape index (κ1) is 16.9. The van der Waals surface area contributed by atoms with Crippen LogP contribution in [0.1, 0.15) is 18.9 Å². The fraction of sp³-hybridized carbons (Fsp3) is 0.533. The molecule has 1 N–H and O–H groups in total. The molecule has 1 heterocycles. The summed E-state index contributed by atoms with van der Waals surface area (Å²) in [7, 11) is -1.50. The molecule has 0 radical (unpaired) electrons. The van der Waals surface area contributed by atoms with E-state index in [0.717, 1.165) is 17.7 Å². The van der Waals surface area contributed by atoms with Crippen molar-refractivity contribution < 1.29 is 13.3 Å². The van der Waals surface area contributed by atoms with E-state index in [4.69, 9.17) is 4.84 Å². The van der Waals surface area contributed by atoms with Crippen LogP contribution in [0.3, 0.4) is 0 Å². The molecule has 0 fully saturated rings. The van der Waals surface area contributed by atoms with Gasteiger partial charge in [-0.1, -0.05) is 22.9 Å². The first-order valence-electron chi connectivity index (χ1n) is 7.33. The van der Waals surface area contributed by atoms with Gasteiger partial charge in [0.2, 0.25) is 10.0 Å². The van der Waals surface area contributed by atoms with Crippen molar-refractivity contribution in [3.8, 4) is 0 Å². The van der Waals surface area contributed by atoms with Gasteiger partial charge in [0.25, 0.3) is 0 Å². The van der Waals surface area contributed by atoms with Crippen LogP contribution in [0, 0.1) is 6.92 Å². The third-order valence-electron chi connectivity index (χ3n) is 3.45. The molecule has 1 aromatic rings. The van der Waals surface area contributed by atoms with E-state index in [9.17, 15) is 8.42 Å². The molecule has 0 saturated carbocycles. The third-order valence-corrected chi connectivity index (χ3v) is 4.93. The molecule has 0 spiro atoms. The predicted octanol–water partition coefficient (Wildman–Crippen LogP) is 1.37. The summed E-state index contributed by atoms with van der Waals surface area (Å²) in [5.74, 6) is 0. The lowest BCUT2D eigenvalue weighted by Gasteiger charge is -2.16. The average molecular weight is 325 g/mol. The van der Waals surface area contributed by atoms with Gasteiger partial charge in [-0.25, -0.2) is 13.1 Å². The van der Waals surface area contributed by atoms with E-state index in [1.807, 2.05) is 25.8 Å². The van der Waals surface area contributed by atoms with Crippen LogP contribution < -0.4 is 4.72 Å². The summed E-state index contributed by atoms with van der Waals surface area (Å²) in [4.78, 5) is 7.46. The summed E-state index contributed by atoms with van der Waals surface area (Å²) in [5, 5.41) is 4.01.